The van der Waals surface area contributed by atoms with Gasteiger partial charge in [-0.1, -0.05) is 12.1 Å². The Bertz CT molecular complexity index is 831. The minimum atomic E-state index is -0.669. The molecule has 0 amide bonds. The minimum absolute atomic E-state index is 0.230. The maximum atomic E-state index is 13.0. The first-order chi connectivity index (χ1) is 14.8. The van der Waals surface area contributed by atoms with Gasteiger partial charge in [0.05, 0.1) is 36.9 Å². The van der Waals surface area contributed by atoms with Crippen molar-refractivity contribution in [3.63, 3.8) is 0 Å². The summed E-state index contributed by atoms with van der Waals surface area (Å²) in [6.07, 6.45) is 0.718. The van der Waals surface area contributed by atoms with E-state index in [1.807, 2.05) is 25.1 Å². The van der Waals surface area contributed by atoms with Gasteiger partial charge in [0.25, 0.3) is 0 Å². The maximum Gasteiger partial charge on any atom is 0.336 e. The minimum Gasteiger partial charge on any atom is -0.493 e. The summed E-state index contributed by atoms with van der Waals surface area (Å²) in [5.41, 5.74) is 3.76. The van der Waals surface area contributed by atoms with Crippen molar-refractivity contribution in [3.8, 4) is 5.75 Å². The van der Waals surface area contributed by atoms with Gasteiger partial charge in [-0.15, -0.1) is 0 Å². The fourth-order valence-corrected chi connectivity index (χ4v) is 3.65. The van der Waals surface area contributed by atoms with Crippen LogP contribution in [0, 0.1) is 6.92 Å². The van der Waals surface area contributed by atoms with E-state index in [4.69, 9.17) is 18.9 Å². The zero-order valence-electron chi connectivity index (χ0n) is 19.3. The van der Waals surface area contributed by atoms with Crippen LogP contribution in [0.3, 0.4) is 0 Å². The molecule has 0 unspecified atom stereocenters. The zero-order chi connectivity index (χ0) is 23.0. The van der Waals surface area contributed by atoms with Crippen LogP contribution in [0.25, 0.3) is 0 Å². The molecule has 1 aliphatic heterocycles. The topological polar surface area (TPSA) is 83.1 Å². The first-order valence-corrected chi connectivity index (χ1v) is 10.6. The second-order valence-corrected chi connectivity index (χ2v) is 7.31. The lowest BCUT2D eigenvalue weighted by molar-refractivity contribution is -0.139. The van der Waals surface area contributed by atoms with E-state index in [9.17, 15) is 9.59 Å². The zero-order valence-corrected chi connectivity index (χ0v) is 19.3. The van der Waals surface area contributed by atoms with Crippen LogP contribution in [0.5, 0.6) is 5.75 Å². The molecule has 170 valence electrons. The number of allylic oxidation sites excluding steroid dienone is 2. The van der Waals surface area contributed by atoms with E-state index >= 15 is 0 Å². The first-order valence-electron chi connectivity index (χ1n) is 10.6. The summed E-state index contributed by atoms with van der Waals surface area (Å²) in [4.78, 5) is 25.9. The molecular weight excluding hydrogens is 398 g/mol. The molecule has 0 saturated carbocycles. The van der Waals surface area contributed by atoms with Crippen molar-refractivity contribution in [2.45, 2.75) is 47.0 Å². The van der Waals surface area contributed by atoms with Crippen LogP contribution in [0.15, 0.2) is 40.7 Å². The molecular formula is C24H33NO6. The molecule has 1 N–H and O–H groups in total. The average molecular weight is 432 g/mol. The van der Waals surface area contributed by atoms with Gasteiger partial charge in [0, 0.05) is 37.1 Å². The number of benzene rings is 1. The van der Waals surface area contributed by atoms with E-state index in [0.717, 1.165) is 12.0 Å². The Labute approximate surface area is 184 Å². The number of ether oxygens (including phenoxy) is 4. The molecule has 0 aromatic heterocycles. The molecule has 0 spiro atoms. The molecule has 1 heterocycles. The smallest absolute Gasteiger partial charge is 0.336 e. The van der Waals surface area contributed by atoms with E-state index in [1.54, 1.807) is 34.8 Å². The molecule has 7 nitrogen and oxygen atoms in total. The van der Waals surface area contributed by atoms with Crippen molar-refractivity contribution >= 4 is 11.9 Å². The second kappa shape index (κ2) is 11.6. The van der Waals surface area contributed by atoms with E-state index < -0.39 is 17.9 Å². The van der Waals surface area contributed by atoms with Crippen LogP contribution in [-0.2, 0) is 23.8 Å². The van der Waals surface area contributed by atoms with Gasteiger partial charge >= 0.3 is 11.9 Å². The number of nitrogens with one attached hydrogen (secondary N) is 1. The summed E-state index contributed by atoms with van der Waals surface area (Å²) in [5.74, 6) is -1.00. The quantitative estimate of drug-likeness (QED) is 0.446. The normalized spacial score (nSPS) is 14.4. The monoisotopic (exact) mass is 431 g/mol. The lowest BCUT2D eigenvalue weighted by Crippen LogP contribution is -2.32. The molecule has 1 aliphatic rings. The maximum absolute atomic E-state index is 13.0. The third-order valence-electron chi connectivity index (χ3n) is 4.98. The largest absolute Gasteiger partial charge is 0.493 e. The highest BCUT2D eigenvalue weighted by Gasteiger charge is 2.39. The lowest BCUT2D eigenvalue weighted by Gasteiger charge is -2.31. The van der Waals surface area contributed by atoms with Crippen LogP contribution in [0.1, 0.15) is 51.2 Å². The van der Waals surface area contributed by atoms with Crippen LogP contribution in [0.4, 0.5) is 0 Å². The van der Waals surface area contributed by atoms with Crippen LogP contribution in [0.2, 0.25) is 0 Å². The summed E-state index contributed by atoms with van der Waals surface area (Å²) < 4.78 is 21.8. The molecule has 0 atom stereocenters. The van der Waals surface area contributed by atoms with E-state index in [0.29, 0.717) is 47.1 Å². The van der Waals surface area contributed by atoms with E-state index in [2.05, 4.69) is 5.32 Å². The van der Waals surface area contributed by atoms with Crippen molar-refractivity contribution in [2.75, 3.05) is 33.5 Å². The van der Waals surface area contributed by atoms with Crippen molar-refractivity contribution in [1.29, 1.82) is 0 Å². The summed E-state index contributed by atoms with van der Waals surface area (Å²) in [7, 11) is 1.64. The van der Waals surface area contributed by atoms with Gasteiger partial charge < -0.3 is 24.3 Å². The number of aryl methyl sites for hydroxylation is 1. The number of hydrogen-bond donors (Lipinski definition) is 1. The standard InChI is InChI=1S/C24H33NO6/c1-7-29-23(26)20-16(4)25-17(5)21(24(27)30-8-2)22(20)18-11-10-15(3)14-19(18)31-13-9-12-28-6/h10-11,14,22,25H,7-9,12-13H2,1-6H3. The van der Waals surface area contributed by atoms with Crippen molar-refractivity contribution in [3.05, 3.63) is 51.9 Å². The Balaban J connectivity index is 2.62. The van der Waals surface area contributed by atoms with Gasteiger partial charge in [-0.2, -0.15) is 0 Å². The summed E-state index contributed by atoms with van der Waals surface area (Å²) in [5, 5.41) is 3.15. The Morgan fingerprint density at radius 3 is 2.03 bits per heavy atom. The molecule has 1 aromatic rings. The third-order valence-corrected chi connectivity index (χ3v) is 4.98. The molecule has 2 rings (SSSR count). The molecule has 0 saturated heterocycles. The number of esters is 2. The first kappa shape index (κ1) is 24.5. The highest BCUT2D eigenvalue weighted by atomic mass is 16.5. The Morgan fingerprint density at radius 1 is 0.935 bits per heavy atom. The number of carbonyl (C=O) groups is 2. The van der Waals surface area contributed by atoms with Gasteiger partial charge in [0.2, 0.25) is 0 Å². The van der Waals surface area contributed by atoms with Gasteiger partial charge in [-0.05, 0) is 46.2 Å². The fourth-order valence-electron chi connectivity index (χ4n) is 3.65. The average Bonchev–Trinajstić information content (AvgIpc) is 2.71. The predicted molar refractivity (Wildman–Crippen MR) is 118 cm³/mol. The van der Waals surface area contributed by atoms with Gasteiger partial charge in [0.15, 0.2) is 0 Å². The number of rotatable bonds is 10. The highest BCUT2D eigenvalue weighted by Crippen LogP contribution is 2.43. The predicted octanol–water partition coefficient (Wildman–Crippen LogP) is 3.77. The van der Waals surface area contributed by atoms with Crippen LogP contribution in [-0.4, -0.2) is 45.5 Å². The Morgan fingerprint density at radius 2 is 1.52 bits per heavy atom. The van der Waals surface area contributed by atoms with Crippen LogP contribution < -0.4 is 10.1 Å². The lowest BCUT2D eigenvalue weighted by atomic mass is 9.79. The number of dihydropyridines is 1. The Kier molecular flexibility index (Phi) is 9.12. The molecule has 0 bridgehead atoms. The summed E-state index contributed by atoms with van der Waals surface area (Å²) >= 11 is 0. The number of hydrogen-bond acceptors (Lipinski definition) is 7. The van der Waals surface area contributed by atoms with E-state index in [1.165, 1.54) is 0 Å². The summed E-state index contributed by atoms with van der Waals surface area (Å²) in [6, 6.07) is 5.76. The highest BCUT2D eigenvalue weighted by molar-refractivity contribution is 6.00. The van der Waals surface area contributed by atoms with Crippen LogP contribution >= 0.6 is 0 Å². The number of methoxy groups -OCH3 is 1. The van der Waals surface area contributed by atoms with Crippen molar-refractivity contribution < 1.29 is 28.5 Å². The molecule has 0 aliphatic carbocycles. The number of carbonyl (C=O) groups excluding carboxylic acids is 2. The third kappa shape index (κ3) is 5.88. The van der Waals surface area contributed by atoms with Crippen molar-refractivity contribution in [1.82, 2.24) is 5.32 Å². The Hall–Kier alpha value is -2.80. The van der Waals surface area contributed by atoms with Gasteiger partial charge in [-0.25, -0.2) is 9.59 Å². The molecule has 0 fully saturated rings. The van der Waals surface area contributed by atoms with Gasteiger partial charge in [0.1, 0.15) is 5.75 Å². The van der Waals surface area contributed by atoms with Gasteiger partial charge in [-0.3, -0.25) is 0 Å². The van der Waals surface area contributed by atoms with Crippen molar-refractivity contribution in [2.24, 2.45) is 0 Å². The molecule has 1 aromatic carbocycles. The second-order valence-electron chi connectivity index (χ2n) is 7.31. The molecule has 7 heteroatoms. The van der Waals surface area contributed by atoms with E-state index in [-0.39, 0.29) is 13.2 Å². The summed E-state index contributed by atoms with van der Waals surface area (Å²) in [6.45, 7) is 10.6. The fraction of sp³-hybridized carbons (Fsp3) is 0.500. The molecule has 0 radical (unpaired) electrons. The molecule has 31 heavy (non-hydrogen) atoms. The SMILES string of the molecule is CCOC(=O)C1=C(C)NC(C)=C(C(=O)OCC)C1c1ccc(C)cc1OCCCOC.